The number of nitrogens with zero attached hydrogens (tertiary/aromatic N) is 2. The summed E-state index contributed by atoms with van der Waals surface area (Å²) in [5, 5.41) is 9.80. The Hall–Kier alpha value is -1.33. The van der Waals surface area contributed by atoms with E-state index >= 15 is 0 Å². The van der Waals surface area contributed by atoms with E-state index in [2.05, 4.69) is 30.3 Å². The van der Waals surface area contributed by atoms with E-state index in [0.29, 0.717) is 18.1 Å². The van der Waals surface area contributed by atoms with Gasteiger partial charge in [0.2, 0.25) is 5.91 Å². The van der Waals surface area contributed by atoms with Gasteiger partial charge < -0.3 is 5.32 Å². The van der Waals surface area contributed by atoms with Crippen molar-refractivity contribution >= 4 is 28.8 Å². The van der Waals surface area contributed by atoms with E-state index in [1.165, 1.54) is 0 Å². The molecule has 1 unspecified atom stereocenters. The highest BCUT2D eigenvalue weighted by molar-refractivity contribution is 7.10. The Morgan fingerprint density at radius 2 is 2.33 bits per heavy atom. The van der Waals surface area contributed by atoms with Crippen molar-refractivity contribution in [2.75, 3.05) is 6.54 Å². The van der Waals surface area contributed by atoms with E-state index < -0.39 is 0 Å². The van der Waals surface area contributed by atoms with Crippen molar-refractivity contribution in [3.8, 4) is 0 Å². The van der Waals surface area contributed by atoms with Crippen LogP contribution in [0.4, 0.5) is 0 Å². The third kappa shape index (κ3) is 2.49. The van der Waals surface area contributed by atoms with Gasteiger partial charge in [0.25, 0.3) is 0 Å². The van der Waals surface area contributed by atoms with Crippen molar-refractivity contribution < 1.29 is 4.79 Å². The maximum absolute atomic E-state index is 12.7. The predicted molar refractivity (Wildman–Crippen MR) is 84.6 cm³/mol. The Bertz CT molecular complexity index is 650. The number of carbonyl (C=O) groups is 1. The van der Waals surface area contributed by atoms with Crippen molar-refractivity contribution in [1.29, 1.82) is 0 Å². The minimum absolute atomic E-state index is 0.0247. The number of thiophene rings is 1. The standard InChI is InChI=1S/C15H18ClN3OS/c1-14(2)10-15(14,12-4-3-7-21-12)13(20)17-5-6-19-9-11(16)8-18-19/h3-4,7-9H,5-6,10H2,1-2H3,(H,17,20). The number of hydrogen-bond acceptors (Lipinski definition) is 3. The van der Waals surface area contributed by atoms with Crippen molar-refractivity contribution in [1.82, 2.24) is 15.1 Å². The van der Waals surface area contributed by atoms with Gasteiger partial charge in [-0.2, -0.15) is 5.10 Å². The van der Waals surface area contributed by atoms with Crippen LogP contribution in [0.15, 0.2) is 29.9 Å². The Balaban J connectivity index is 1.64. The molecule has 2 aromatic rings. The van der Waals surface area contributed by atoms with E-state index in [9.17, 15) is 4.79 Å². The summed E-state index contributed by atoms with van der Waals surface area (Å²) < 4.78 is 1.73. The average molecular weight is 324 g/mol. The van der Waals surface area contributed by atoms with Crippen LogP contribution in [0.1, 0.15) is 25.1 Å². The van der Waals surface area contributed by atoms with E-state index in [1.54, 1.807) is 28.4 Å². The van der Waals surface area contributed by atoms with Crippen LogP contribution in [-0.4, -0.2) is 22.2 Å². The van der Waals surface area contributed by atoms with Gasteiger partial charge in [0.1, 0.15) is 0 Å². The van der Waals surface area contributed by atoms with E-state index in [4.69, 9.17) is 11.6 Å². The molecule has 1 saturated carbocycles. The van der Waals surface area contributed by atoms with Crippen LogP contribution >= 0.6 is 22.9 Å². The number of hydrogen-bond donors (Lipinski definition) is 1. The van der Waals surface area contributed by atoms with Gasteiger partial charge in [0.15, 0.2) is 0 Å². The van der Waals surface area contributed by atoms with Crippen LogP contribution in [-0.2, 0) is 16.8 Å². The molecule has 4 nitrogen and oxygen atoms in total. The molecule has 21 heavy (non-hydrogen) atoms. The van der Waals surface area contributed by atoms with Gasteiger partial charge in [0, 0.05) is 17.6 Å². The lowest BCUT2D eigenvalue weighted by Gasteiger charge is -2.18. The number of nitrogens with one attached hydrogen (secondary N) is 1. The molecule has 1 fully saturated rings. The van der Waals surface area contributed by atoms with Crippen molar-refractivity contribution in [2.24, 2.45) is 5.41 Å². The molecule has 0 saturated heterocycles. The van der Waals surface area contributed by atoms with Gasteiger partial charge in [-0.1, -0.05) is 31.5 Å². The molecule has 2 aromatic heterocycles. The predicted octanol–water partition coefficient (Wildman–Crippen LogP) is 3.08. The normalized spacial score (nSPS) is 23.0. The summed E-state index contributed by atoms with van der Waals surface area (Å²) in [4.78, 5) is 13.8. The Morgan fingerprint density at radius 1 is 1.57 bits per heavy atom. The Morgan fingerprint density at radius 3 is 2.86 bits per heavy atom. The lowest BCUT2D eigenvalue weighted by molar-refractivity contribution is -0.124. The van der Waals surface area contributed by atoms with Gasteiger partial charge in [-0.15, -0.1) is 11.3 Å². The Labute approximate surface area is 133 Å². The number of halogens is 1. The van der Waals surface area contributed by atoms with Crippen molar-refractivity contribution in [3.05, 3.63) is 39.8 Å². The number of amides is 1. The second-order valence-corrected chi connectivity index (χ2v) is 7.50. The summed E-state index contributed by atoms with van der Waals surface area (Å²) >= 11 is 7.48. The molecule has 0 aliphatic heterocycles. The van der Waals surface area contributed by atoms with Crippen LogP contribution < -0.4 is 5.32 Å². The molecule has 0 bridgehead atoms. The molecule has 0 aromatic carbocycles. The third-order valence-corrected chi connectivity index (χ3v) is 5.52. The van der Waals surface area contributed by atoms with Gasteiger partial charge in [0.05, 0.1) is 23.2 Å². The quantitative estimate of drug-likeness (QED) is 0.919. The fourth-order valence-corrected chi connectivity index (χ4v) is 4.22. The first kappa shape index (κ1) is 14.6. The zero-order valence-electron chi connectivity index (χ0n) is 12.1. The maximum atomic E-state index is 12.7. The van der Waals surface area contributed by atoms with Crippen LogP contribution in [0.5, 0.6) is 0 Å². The molecule has 0 radical (unpaired) electrons. The molecule has 1 aliphatic carbocycles. The lowest BCUT2D eigenvalue weighted by Crippen LogP contribution is -2.38. The minimum Gasteiger partial charge on any atom is -0.353 e. The zero-order valence-corrected chi connectivity index (χ0v) is 13.7. The number of rotatable bonds is 5. The largest absolute Gasteiger partial charge is 0.353 e. The molecule has 6 heteroatoms. The first-order valence-electron chi connectivity index (χ1n) is 6.96. The van der Waals surface area contributed by atoms with Crippen LogP contribution in [0.3, 0.4) is 0 Å². The average Bonchev–Trinajstić information content (AvgIpc) is 2.87. The van der Waals surface area contributed by atoms with Crippen LogP contribution in [0, 0.1) is 5.41 Å². The smallest absolute Gasteiger partial charge is 0.232 e. The van der Waals surface area contributed by atoms with Gasteiger partial charge in [-0.05, 0) is 23.3 Å². The number of carbonyl (C=O) groups excluding carboxylic acids is 1. The molecule has 2 heterocycles. The van der Waals surface area contributed by atoms with Gasteiger partial charge in [-0.3, -0.25) is 9.48 Å². The lowest BCUT2D eigenvalue weighted by atomic mass is 9.93. The first-order chi connectivity index (χ1) is 9.96. The molecule has 3 rings (SSSR count). The van der Waals surface area contributed by atoms with E-state index in [1.807, 2.05) is 11.4 Å². The molecule has 1 aliphatic rings. The topological polar surface area (TPSA) is 46.9 Å². The van der Waals surface area contributed by atoms with Crippen LogP contribution in [0.2, 0.25) is 5.02 Å². The third-order valence-electron chi connectivity index (χ3n) is 4.30. The maximum Gasteiger partial charge on any atom is 0.232 e. The minimum atomic E-state index is -0.358. The molecule has 1 amide bonds. The SMILES string of the molecule is CC1(C)CC1(C(=O)NCCn1cc(Cl)cn1)c1cccs1. The Kier molecular flexibility index (Phi) is 3.58. The van der Waals surface area contributed by atoms with E-state index in [-0.39, 0.29) is 16.7 Å². The number of aromatic nitrogens is 2. The van der Waals surface area contributed by atoms with Crippen LogP contribution in [0.25, 0.3) is 0 Å². The second kappa shape index (κ2) is 5.14. The fourth-order valence-electron chi connectivity index (χ4n) is 2.96. The summed E-state index contributed by atoms with van der Waals surface area (Å²) in [5.41, 5.74) is -0.333. The summed E-state index contributed by atoms with van der Waals surface area (Å²) in [6, 6.07) is 4.07. The zero-order chi connectivity index (χ0) is 15.1. The highest BCUT2D eigenvalue weighted by Crippen LogP contribution is 2.65. The van der Waals surface area contributed by atoms with Crippen molar-refractivity contribution in [2.45, 2.75) is 32.2 Å². The van der Waals surface area contributed by atoms with Gasteiger partial charge in [-0.25, -0.2) is 0 Å². The molecular weight excluding hydrogens is 306 g/mol. The monoisotopic (exact) mass is 323 g/mol. The van der Waals surface area contributed by atoms with Gasteiger partial charge >= 0.3 is 0 Å². The summed E-state index contributed by atoms with van der Waals surface area (Å²) in [6.07, 6.45) is 4.25. The molecule has 0 spiro atoms. The molecule has 1 N–H and O–H groups in total. The summed E-state index contributed by atoms with van der Waals surface area (Å²) in [5.74, 6) is 0.119. The first-order valence-corrected chi connectivity index (χ1v) is 8.22. The fraction of sp³-hybridized carbons (Fsp3) is 0.467. The highest BCUT2D eigenvalue weighted by Gasteiger charge is 2.67. The summed E-state index contributed by atoms with van der Waals surface area (Å²) in [7, 11) is 0. The highest BCUT2D eigenvalue weighted by atomic mass is 35.5. The molecular formula is C15H18ClN3OS. The molecule has 1 atom stereocenters. The van der Waals surface area contributed by atoms with Crippen molar-refractivity contribution in [3.63, 3.8) is 0 Å². The second-order valence-electron chi connectivity index (χ2n) is 6.12. The molecule has 112 valence electrons. The van der Waals surface area contributed by atoms with E-state index in [0.717, 1.165) is 11.3 Å². The summed E-state index contributed by atoms with van der Waals surface area (Å²) in [6.45, 7) is 5.48.